The maximum atomic E-state index is 6.35. The quantitative estimate of drug-likeness (QED) is 0.470. The van der Waals surface area contributed by atoms with E-state index in [1.807, 2.05) is 7.05 Å². The molecular formula is C20H40N6O. The van der Waals surface area contributed by atoms with E-state index in [1.54, 1.807) is 0 Å². The molecule has 7 heteroatoms. The molecule has 4 rings (SSSR count). The summed E-state index contributed by atoms with van der Waals surface area (Å²) in [4.78, 5) is 2.72. The van der Waals surface area contributed by atoms with Crippen LogP contribution in [-0.4, -0.2) is 81.4 Å². The number of hydrogen-bond donors (Lipinski definition) is 5. The Morgan fingerprint density at radius 1 is 1.04 bits per heavy atom. The van der Waals surface area contributed by atoms with Crippen LogP contribution in [0.3, 0.4) is 0 Å². The van der Waals surface area contributed by atoms with Crippen LogP contribution in [0.5, 0.6) is 0 Å². The van der Waals surface area contributed by atoms with E-state index < -0.39 is 0 Å². The lowest BCUT2D eigenvalue weighted by Gasteiger charge is -2.49. The van der Waals surface area contributed by atoms with Gasteiger partial charge in [0, 0.05) is 37.8 Å². The Morgan fingerprint density at radius 2 is 1.96 bits per heavy atom. The van der Waals surface area contributed by atoms with Crippen LogP contribution in [0, 0.1) is 5.92 Å². The van der Waals surface area contributed by atoms with Gasteiger partial charge in [-0.2, -0.15) is 0 Å². The summed E-state index contributed by atoms with van der Waals surface area (Å²) in [5.74, 6) is 0.701. The van der Waals surface area contributed by atoms with Crippen molar-refractivity contribution in [3.8, 4) is 0 Å². The summed E-state index contributed by atoms with van der Waals surface area (Å²) in [5, 5.41) is 18.2. The second-order valence-corrected chi connectivity index (χ2v) is 9.02. The smallest absolute Gasteiger partial charge is 0.113 e. The van der Waals surface area contributed by atoms with E-state index in [9.17, 15) is 0 Å². The minimum Gasteiger partial charge on any atom is -0.376 e. The Labute approximate surface area is 164 Å². The van der Waals surface area contributed by atoms with Gasteiger partial charge in [0.15, 0.2) is 0 Å². The van der Waals surface area contributed by atoms with E-state index in [2.05, 4.69) is 38.4 Å². The van der Waals surface area contributed by atoms with Crippen LogP contribution in [0.2, 0.25) is 0 Å². The van der Waals surface area contributed by atoms with E-state index in [-0.39, 0.29) is 6.29 Å². The third kappa shape index (κ3) is 5.01. The highest BCUT2D eigenvalue weighted by Gasteiger charge is 2.43. The van der Waals surface area contributed by atoms with Gasteiger partial charge in [0.2, 0.25) is 0 Å². The minimum atomic E-state index is 0.184. The molecule has 0 spiro atoms. The summed E-state index contributed by atoms with van der Waals surface area (Å²) >= 11 is 0. The molecule has 0 aromatic heterocycles. The molecule has 0 radical (unpaired) electrons. The van der Waals surface area contributed by atoms with Crippen LogP contribution in [0.1, 0.15) is 45.4 Å². The Hall–Kier alpha value is -0.280. The van der Waals surface area contributed by atoms with Gasteiger partial charge in [-0.25, -0.2) is 0 Å². The molecule has 3 heterocycles. The molecule has 4 aliphatic rings. The van der Waals surface area contributed by atoms with Gasteiger partial charge in [0.1, 0.15) is 6.29 Å². The predicted molar refractivity (Wildman–Crippen MR) is 108 cm³/mol. The van der Waals surface area contributed by atoms with Crippen LogP contribution in [0.25, 0.3) is 0 Å². The molecule has 4 fully saturated rings. The fourth-order valence-electron chi connectivity index (χ4n) is 5.68. The first kappa shape index (κ1) is 20.0. The summed E-state index contributed by atoms with van der Waals surface area (Å²) in [6.07, 6.45) is 8.34. The Bertz CT molecular complexity index is 458. The topological polar surface area (TPSA) is 72.6 Å². The van der Waals surface area contributed by atoms with E-state index >= 15 is 0 Å². The molecule has 0 bridgehead atoms. The second-order valence-electron chi connectivity index (χ2n) is 9.02. The fourth-order valence-corrected chi connectivity index (χ4v) is 5.68. The van der Waals surface area contributed by atoms with Crippen LogP contribution in [-0.2, 0) is 4.74 Å². The van der Waals surface area contributed by atoms with Gasteiger partial charge >= 0.3 is 0 Å². The molecule has 3 aliphatic heterocycles. The van der Waals surface area contributed by atoms with Crippen molar-refractivity contribution in [1.29, 1.82) is 0 Å². The van der Waals surface area contributed by atoms with E-state index in [1.165, 1.54) is 38.6 Å². The molecule has 1 aliphatic carbocycles. The van der Waals surface area contributed by atoms with Crippen molar-refractivity contribution in [1.82, 2.24) is 31.5 Å². The zero-order chi connectivity index (χ0) is 18.6. The average Bonchev–Trinajstić information content (AvgIpc) is 2.96. The monoisotopic (exact) mass is 380 g/mol. The standard InChI is InChI=1S/C20H40N6O/c1-14-11-18(21-2)25-20(23-14)24-16-12-15-5-3-10-27-19(15)17(13-16)26-8-4-6-22-7-9-26/h14-25H,3-13H2,1-2H3. The zero-order valence-electron chi connectivity index (χ0n) is 17.2. The van der Waals surface area contributed by atoms with Crippen molar-refractivity contribution < 1.29 is 4.74 Å². The van der Waals surface area contributed by atoms with Crippen LogP contribution in [0.15, 0.2) is 0 Å². The van der Waals surface area contributed by atoms with Gasteiger partial charge in [-0.05, 0) is 71.5 Å². The summed E-state index contributed by atoms with van der Waals surface area (Å²) in [6.45, 7) is 7.85. The fraction of sp³-hybridized carbons (Fsp3) is 1.00. The highest BCUT2D eigenvalue weighted by atomic mass is 16.5. The van der Waals surface area contributed by atoms with Crippen molar-refractivity contribution in [3.63, 3.8) is 0 Å². The predicted octanol–water partition coefficient (Wildman–Crippen LogP) is -0.00200. The first-order valence-corrected chi connectivity index (χ1v) is 11.2. The molecular weight excluding hydrogens is 340 g/mol. The van der Waals surface area contributed by atoms with Crippen LogP contribution in [0.4, 0.5) is 0 Å². The van der Waals surface area contributed by atoms with Gasteiger partial charge < -0.3 is 15.4 Å². The minimum absolute atomic E-state index is 0.184. The van der Waals surface area contributed by atoms with Crippen LogP contribution >= 0.6 is 0 Å². The van der Waals surface area contributed by atoms with Gasteiger partial charge in [-0.3, -0.25) is 20.9 Å². The lowest BCUT2D eigenvalue weighted by atomic mass is 9.75. The number of nitrogens with zero attached hydrogens (tertiary/aromatic N) is 1. The van der Waals surface area contributed by atoms with E-state index in [0.717, 1.165) is 32.7 Å². The summed E-state index contributed by atoms with van der Waals surface area (Å²) in [5.41, 5.74) is 0. The van der Waals surface area contributed by atoms with Crippen molar-refractivity contribution in [2.24, 2.45) is 5.92 Å². The first-order chi connectivity index (χ1) is 13.2. The zero-order valence-corrected chi connectivity index (χ0v) is 17.2. The van der Waals surface area contributed by atoms with E-state index in [0.29, 0.717) is 36.3 Å². The summed E-state index contributed by atoms with van der Waals surface area (Å²) in [7, 11) is 2.04. The molecule has 0 amide bonds. The SMILES string of the molecule is CNC1CC(C)NC(NC2CC3CCCOC3C(N3CCCNCC3)C2)N1. The van der Waals surface area contributed by atoms with Gasteiger partial charge in [0.05, 0.1) is 12.3 Å². The average molecular weight is 381 g/mol. The summed E-state index contributed by atoms with van der Waals surface area (Å²) in [6, 6.07) is 1.62. The van der Waals surface area contributed by atoms with Crippen molar-refractivity contribution in [3.05, 3.63) is 0 Å². The van der Waals surface area contributed by atoms with E-state index in [4.69, 9.17) is 4.74 Å². The molecule has 27 heavy (non-hydrogen) atoms. The molecule has 1 saturated carbocycles. The maximum absolute atomic E-state index is 6.35. The first-order valence-electron chi connectivity index (χ1n) is 11.2. The molecule has 0 aromatic rings. The molecule has 0 aromatic carbocycles. The lowest BCUT2D eigenvalue weighted by Crippen LogP contribution is -2.69. The Balaban J connectivity index is 1.42. The van der Waals surface area contributed by atoms with Gasteiger partial charge in [-0.1, -0.05) is 0 Å². The van der Waals surface area contributed by atoms with Crippen molar-refractivity contribution in [2.45, 2.75) is 82.1 Å². The highest BCUT2D eigenvalue weighted by molar-refractivity contribution is 4.98. The second kappa shape index (κ2) is 9.48. The molecule has 7 unspecified atom stereocenters. The number of fused-ring (bicyclic) bond motifs is 1. The van der Waals surface area contributed by atoms with Gasteiger partial charge in [0.25, 0.3) is 0 Å². The number of hydrogen-bond acceptors (Lipinski definition) is 7. The summed E-state index contributed by atoms with van der Waals surface area (Å²) < 4.78 is 6.35. The van der Waals surface area contributed by atoms with Crippen molar-refractivity contribution in [2.75, 3.05) is 39.8 Å². The number of nitrogens with one attached hydrogen (secondary N) is 5. The molecule has 156 valence electrons. The van der Waals surface area contributed by atoms with Crippen molar-refractivity contribution >= 4 is 0 Å². The third-order valence-corrected chi connectivity index (χ3v) is 6.99. The molecule has 3 saturated heterocycles. The normalized spacial score (nSPS) is 44.4. The van der Waals surface area contributed by atoms with Gasteiger partial charge in [-0.15, -0.1) is 0 Å². The lowest BCUT2D eigenvalue weighted by molar-refractivity contribution is -0.102. The largest absolute Gasteiger partial charge is 0.376 e. The Morgan fingerprint density at radius 3 is 2.85 bits per heavy atom. The number of rotatable bonds is 4. The molecule has 7 atom stereocenters. The Kier molecular flexibility index (Phi) is 7.03. The molecule has 7 nitrogen and oxygen atoms in total. The highest BCUT2D eigenvalue weighted by Crippen LogP contribution is 2.36. The molecule has 5 N–H and O–H groups in total. The number of ether oxygens (including phenoxy) is 1. The third-order valence-electron chi connectivity index (χ3n) is 6.99. The maximum Gasteiger partial charge on any atom is 0.113 e. The van der Waals surface area contributed by atoms with Crippen LogP contribution < -0.4 is 26.6 Å².